The van der Waals surface area contributed by atoms with E-state index >= 15 is 0 Å². The highest BCUT2D eigenvalue weighted by molar-refractivity contribution is 7.61. The van der Waals surface area contributed by atoms with Gasteiger partial charge in [0.1, 0.15) is 0 Å². The van der Waals surface area contributed by atoms with Crippen LogP contribution in [-0.2, 0) is 0 Å². The van der Waals surface area contributed by atoms with E-state index in [4.69, 9.17) is 0 Å². The molecule has 1 heteroatoms. The van der Waals surface area contributed by atoms with Crippen LogP contribution in [0.3, 0.4) is 0 Å². The van der Waals surface area contributed by atoms with Crippen molar-refractivity contribution in [2.24, 2.45) is 11.8 Å². The second-order valence-corrected chi connectivity index (χ2v) is 10.0. The molecule has 2 aliphatic rings. The van der Waals surface area contributed by atoms with E-state index in [9.17, 15) is 0 Å². The summed E-state index contributed by atoms with van der Waals surface area (Å²) in [5.74, 6) is 1.48. The summed E-state index contributed by atoms with van der Waals surface area (Å²) in [6, 6.07) is 29.4. The molecule has 2 aliphatic carbocycles. The van der Waals surface area contributed by atoms with Crippen molar-refractivity contribution in [3.63, 3.8) is 0 Å². The molecule has 0 unspecified atom stereocenters. The molecule has 126 valence electrons. The van der Waals surface area contributed by atoms with Gasteiger partial charge in [-0.2, -0.15) is 0 Å². The number of fused-ring (bicyclic) bond motifs is 5. The van der Waals surface area contributed by atoms with Crippen LogP contribution in [0.1, 0.15) is 24.1 Å². The molecule has 0 saturated heterocycles. The highest BCUT2D eigenvalue weighted by atomic mass is 31.1. The molecular formula is C25H21P. The predicted molar refractivity (Wildman–Crippen MR) is 114 cm³/mol. The van der Waals surface area contributed by atoms with Crippen LogP contribution in [0, 0.1) is 11.8 Å². The Bertz CT molecular complexity index is 1100. The summed E-state index contributed by atoms with van der Waals surface area (Å²) >= 11 is 0. The van der Waals surface area contributed by atoms with Crippen molar-refractivity contribution < 1.29 is 0 Å². The molecule has 0 N–H and O–H groups in total. The van der Waals surface area contributed by atoms with Gasteiger partial charge in [0.15, 0.2) is 0 Å². The van der Waals surface area contributed by atoms with E-state index in [-0.39, 0.29) is 7.53 Å². The predicted octanol–water partition coefficient (Wildman–Crippen LogP) is 7.64. The Kier molecular flexibility index (Phi) is 3.19. The second kappa shape index (κ2) is 5.60. The third-order valence-electron chi connectivity index (χ3n) is 6.48. The summed E-state index contributed by atoms with van der Waals surface area (Å²) in [5.41, 5.74) is 3.85. The summed E-state index contributed by atoms with van der Waals surface area (Å²) in [6.07, 6.45) is 5.36. The second-order valence-electron chi connectivity index (χ2n) is 7.73. The molecule has 0 aliphatic heterocycles. The normalized spacial score (nSPS) is 24.5. The van der Waals surface area contributed by atoms with Crippen molar-refractivity contribution >= 4 is 34.1 Å². The van der Waals surface area contributed by atoms with E-state index < -0.39 is 0 Å². The zero-order valence-electron chi connectivity index (χ0n) is 14.7. The minimum Gasteiger partial charge on any atom is -0.104 e. The van der Waals surface area contributed by atoms with Crippen LogP contribution in [-0.4, -0.2) is 0 Å². The molecule has 0 nitrogen and oxygen atoms in total. The fourth-order valence-corrected chi connectivity index (χ4v) is 9.07. The van der Waals surface area contributed by atoms with Crippen LogP contribution in [0.25, 0.3) is 26.6 Å². The van der Waals surface area contributed by atoms with Crippen LogP contribution in [0.4, 0.5) is 0 Å². The molecule has 1 aromatic heterocycles. The van der Waals surface area contributed by atoms with Gasteiger partial charge in [-0.3, -0.25) is 0 Å². The molecule has 2 bridgehead atoms. The summed E-state index contributed by atoms with van der Waals surface area (Å²) in [4.78, 5) is 0. The first-order valence-corrected chi connectivity index (χ1v) is 11.1. The van der Waals surface area contributed by atoms with E-state index in [1.807, 2.05) is 0 Å². The number of rotatable bonds is 2. The lowest BCUT2D eigenvalue weighted by atomic mass is 9.92. The Morgan fingerprint density at radius 2 is 1.27 bits per heavy atom. The van der Waals surface area contributed by atoms with Crippen molar-refractivity contribution in [3.8, 4) is 0 Å². The quantitative estimate of drug-likeness (QED) is 0.348. The van der Waals surface area contributed by atoms with Gasteiger partial charge in [-0.15, -0.1) is 7.53 Å². The van der Waals surface area contributed by atoms with E-state index in [0.29, 0.717) is 0 Å². The lowest BCUT2D eigenvalue weighted by Crippen LogP contribution is -2.00. The van der Waals surface area contributed by atoms with Gasteiger partial charge < -0.3 is 0 Å². The molecule has 3 aromatic carbocycles. The maximum absolute atomic E-state index is 2.63. The molecule has 1 heterocycles. The number of allylic oxidation sites excluding steroid dienone is 2. The molecule has 4 aromatic rings. The maximum Gasteiger partial charge on any atom is 0.0117 e. The van der Waals surface area contributed by atoms with Gasteiger partial charge in [0.2, 0.25) is 0 Å². The Morgan fingerprint density at radius 3 is 1.96 bits per heavy atom. The van der Waals surface area contributed by atoms with Gasteiger partial charge in [-0.05, 0) is 46.6 Å². The van der Waals surface area contributed by atoms with Gasteiger partial charge in [-0.1, -0.05) is 84.9 Å². The first-order valence-electron chi connectivity index (χ1n) is 9.66. The van der Waals surface area contributed by atoms with Crippen LogP contribution >= 0.6 is 7.53 Å². The average molecular weight is 352 g/mol. The zero-order valence-corrected chi connectivity index (χ0v) is 15.6. The minimum absolute atomic E-state index is 0.263. The first kappa shape index (κ1) is 14.8. The molecule has 0 amide bonds. The van der Waals surface area contributed by atoms with Crippen LogP contribution in [0.15, 0.2) is 84.9 Å². The van der Waals surface area contributed by atoms with Gasteiger partial charge in [0, 0.05) is 15.9 Å². The van der Waals surface area contributed by atoms with Crippen LogP contribution in [0.5, 0.6) is 0 Å². The molecule has 0 spiro atoms. The molecule has 1 saturated carbocycles. The Hall–Kier alpha value is -2.30. The average Bonchev–Trinajstić information content (AvgIpc) is 3.37. The van der Waals surface area contributed by atoms with Crippen molar-refractivity contribution in [2.75, 3.05) is 0 Å². The van der Waals surface area contributed by atoms with Gasteiger partial charge in [-0.25, -0.2) is 0 Å². The third kappa shape index (κ3) is 1.97. The standard InChI is InChI=1S/C25H21P/c1-2-8-17(9-3-1)22-16-18-14-15-21(22)25(18)26-23-12-6-4-10-19(23)20-11-5-7-13-24(20)26/h1-13,16,18,21,25H,14-15H2/t18-,21+,25+/m1/s1. The van der Waals surface area contributed by atoms with Crippen molar-refractivity contribution in [2.45, 2.75) is 18.5 Å². The van der Waals surface area contributed by atoms with E-state index in [0.717, 1.165) is 17.5 Å². The molecule has 26 heavy (non-hydrogen) atoms. The fraction of sp³-hybridized carbons (Fsp3) is 0.200. The largest absolute Gasteiger partial charge is 0.104 e. The smallest absolute Gasteiger partial charge is 0.0117 e. The first-order chi connectivity index (χ1) is 12.9. The van der Waals surface area contributed by atoms with E-state index in [1.54, 1.807) is 15.8 Å². The summed E-state index contributed by atoms with van der Waals surface area (Å²) in [6.45, 7) is 0. The van der Waals surface area contributed by atoms with Gasteiger partial charge >= 0.3 is 0 Å². The van der Waals surface area contributed by atoms with Gasteiger partial charge in [0.25, 0.3) is 0 Å². The Morgan fingerprint density at radius 1 is 0.654 bits per heavy atom. The molecule has 6 rings (SSSR count). The molecule has 1 fully saturated rings. The molecular weight excluding hydrogens is 331 g/mol. The van der Waals surface area contributed by atoms with Crippen LogP contribution < -0.4 is 0 Å². The van der Waals surface area contributed by atoms with Crippen molar-refractivity contribution in [3.05, 3.63) is 90.5 Å². The minimum atomic E-state index is -0.263. The van der Waals surface area contributed by atoms with E-state index in [1.165, 1.54) is 29.2 Å². The Labute approximate surface area is 155 Å². The highest BCUT2D eigenvalue weighted by Crippen LogP contribution is 2.69. The summed E-state index contributed by atoms with van der Waals surface area (Å²) in [5, 5.41) is 6.21. The number of hydrogen-bond donors (Lipinski definition) is 0. The van der Waals surface area contributed by atoms with Crippen molar-refractivity contribution in [1.82, 2.24) is 0 Å². The number of benzene rings is 3. The summed E-state index contributed by atoms with van der Waals surface area (Å²) < 4.78 is 0. The third-order valence-corrected chi connectivity index (χ3v) is 9.63. The highest BCUT2D eigenvalue weighted by Gasteiger charge is 2.44. The Balaban J connectivity index is 1.57. The molecule has 0 radical (unpaired) electrons. The van der Waals surface area contributed by atoms with Gasteiger partial charge in [0.05, 0.1) is 0 Å². The fourth-order valence-electron chi connectivity index (χ4n) is 5.47. The maximum atomic E-state index is 2.63. The van der Waals surface area contributed by atoms with Crippen molar-refractivity contribution in [1.29, 1.82) is 0 Å². The monoisotopic (exact) mass is 352 g/mol. The lowest BCUT2D eigenvalue weighted by molar-refractivity contribution is 0.665. The topological polar surface area (TPSA) is 0 Å². The summed E-state index contributed by atoms with van der Waals surface area (Å²) in [7, 11) is -0.263. The van der Waals surface area contributed by atoms with E-state index in [2.05, 4.69) is 84.9 Å². The molecule has 3 atom stereocenters. The lowest BCUT2D eigenvalue weighted by Gasteiger charge is -2.20. The van der Waals surface area contributed by atoms with Crippen LogP contribution in [0.2, 0.25) is 0 Å². The number of hydrogen-bond acceptors (Lipinski definition) is 0. The SMILES string of the molecule is C1=C(c2ccccc2)[C@@H]2CC[C@H]1[C@@H]2p1c2ccccc2c2ccccc21. The zero-order chi connectivity index (χ0) is 17.1.